The fourth-order valence-electron chi connectivity index (χ4n) is 1.91. The quantitative estimate of drug-likeness (QED) is 0.899. The molecule has 4 nitrogen and oxygen atoms in total. The molecular formula is C13H16N2O2S. The molecule has 1 aliphatic heterocycles. The molecule has 1 aromatic rings. The van der Waals surface area contributed by atoms with Crippen molar-refractivity contribution in [3.8, 4) is 0 Å². The molecule has 1 aromatic carbocycles. The van der Waals surface area contributed by atoms with Gasteiger partial charge in [0.2, 0.25) is 5.91 Å². The van der Waals surface area contributed by atoms with Crippen LogP contribution < -0.4 is 5.32 Å². The van der Waals surface area contributed by atoms with E-state index in [2.05, 4.69) is 5.32 Å². The Hall–Kier alpha value is -1.49. The Kier molecular flexibility index (Phi) is 3.91. The third kappa shape index (κ3) is 2.67. The predicted molar refractivity (Wildman–Crippen MR) is 74.1 cm³/mol. The van der Waals surface area contributed by atoms with Gasteiger partial charge >= 0.3 is 0 Å². The van der Waals surface area contributed by atoms with E-state index in [1.807, 2.05) is 12.3 Å². The van der Waals surface area contributed by atoms with Crippen molar-refractivity contribution in [1.82, 2.24) is 4.90 Å². The van der Waals surface area contributed by atoms with Crippen LogP contribution in [0.2, 0.25) is 0 Å². The first kappa shape index (κ1) is 13.0. The maximum Gasteiger partial charge on any atom is 0.253 e. The molecule has 0 aromatic heterocycles. The zero-order chi connectivity index (χ0) is 13.1. The molecule has 5 heteroatoms. The lowest BCUT2D eigenvalue weighted by Crippen LogP contribution is -2.28. The number of anilines is 1. The first-order valence-electron chi connectivity index (χ1n) is 5.79. The smallest absolute Gasteiger partial charge is 0.253 e. The summed E-state index contributed by atoms with van der Waals surface area (Å²) in [5, 5.41) is 2.76. The van der Waals surface area contributed by atoms with Crippen molar-refractivity contribution in [3.05, 3.63) is 29.3 Å². The average molecular weight is 264 g/mol. The van der Waals surface area contributed by atoms with Gasteiger partial charge in [-0.25, -0.2) is 0 Å². The van der Waals surface area contributed by atoms with Crippen molar-refractivity contribution in [2.45, 2.75) is 6.42 Å². The highest BCUT2D eigenvalue weighted by Gasteiger charge is 2.20. The number of carbonyl (C=O) groups excluding carboxylic acids is 2. The summed E-state index contributed by atoms with van der Waals surface area (Å²) in [6.07, 6.45) is 2.38. The molecule has 0 saturated carbocycles. The van der Waals surface area contributed by atoms with Gasteiger partial charge < -0.3 is 10.2 Å². The monoisotopic (exact) mass is 264 g/mol. The van der Waals surface area contributed by atoms with Gasteiger partial charge in [-0.15, -0.1) is 0 Å². The lowest BCUT2D eigenvalue weighted by Gasteiger charge is -2.16. The topological polar surface area (TPSA) is 49.4 Å². The summed E-state index contributed by atoms with van der Waals surface area (Å²) in [4.78, 5) is 25.1. The third-order valence-electron chi connectivity index (χ3n) is 2.95. The SMILES string of the molecule is CSCCN(C)C(=O)c1ccc2c(c1)CC(=O)N2. The molecule has 18 heavy (non-hydrogen) atoms. The zero-order valence-corrected chi connectivity index (χ0v) is 11.3. The number of amides is 2. The number of thioether (sulfide) groups is 1. The van der Waals surface area contributed by atoms with Crippen LogP contribution in [-0.4, -0.2) is 42.3 Å². The molecule has 1 N–H and O–H groups in total. The minimum Gasteiger partial charge on any atom is -0.341 e. The van der Waals surface area contributed by atoms with Gasteiger partial charge in [0.05, 0.1) is 6.42 Å². The summed E-state index contributed by atoms with van der Waals surface area (Å²) in [6.45, 7) is 0.730. The van der Waals surface area contributed by atoms with Crippen molar-refractivity contribution in [1.29, 1.82) is 0 Å². The van der Waals surface area contributed by atoms with Crippen molar-refractivity contribution < 1.29 is 9.59 Å². The summed E-state index contributed by atoms with van der Waals surface area (Å²) in [5.41, 5.74) is 2.38. The number of nitrogens with zero attached hydrogens (tertiary/aromatic N) is 1. The number of carbonyl (C=O) groups is 2. The first-order valence-corrected chi connectivity index (χ1v) is 7.18. The van der Waals surface area contributed by atoms with Gasteiger partial charge in [0, 0.05) is 30.6 Å². The van der Waals surface area contributed by atoms with E-state index in [1.165, 1.54) is 0 Å². The van der Waals surface area contributed by atoms with Crippen molar-refractivity contribution in [2.24, 2.45) is 0 Å². The van der Waals surface area contributed by atoms with Crippen LogP contribution in [0.15, 0.2) is 18.2 Å². The number of hydrogen-bond acceptors (Lipinski definition) is 3. The van der Waals surface area contributed by atoms with Crippen LogP contribution in [0.4, 0.5) is 5.69 Å². The second-order valence-electron chi connectivity index (χ2n) is 4.32. The molecule has 0 spiro atoms. The number of benzene rings is 1. The van der Waals surface area contributed by atoms with Crippen LogP contribution in [0.1, 0.15) is 15.9 Å². The van der Waals surface area contributed by atoms with Gasteiger partial charge in [0.1, 0.15) is 0 Å². The second kappa shape index (κ2) is 5.44. The fraction of sp³-hybridized carbons (Fsp3) is 0.385. The van der Waals surface area contributed by atoms with Crippen LogP contribution in [-0.2, 0) is 11.2 Å². The highest BCUT2D eigenvalue weighted by Crippen LogP contribution is 2.24. The van der Waals surface area contributed by atoms with Gasteiger partial charge in [-0.05, 0) is 30.0 Å². The summed E-state index contributed by atoms with van der Waals surface area (Å²) >= 11 is 1.71. The Balaban J connectivity index is 2.12. The van der Waals surface area contributed by atoms with Crippen molar-refractivity contribution >= 4 is 29.3 Å². The van der Waals surface area contributed by atoms with E-state index in [0.29, 0.717) is 12.0 Å². The van der Waals surface area contributed by atoms with E-state index in [-0.39, 0.29) is 11.8 Å². The highest BCUT2D eigenvalue weighted by atomic mass is 32.2. The first-order chi connectivity index (χ1) is 8.61. The largest absolute Gasteiger partial charge is 0.341 e. The van der Waals surface area contributed by atoms with Crippen LogP contribution in [0, 0.1) is 0 Å². The van der Waals surface area contributed by atoms with Gasteiger partial charge in [0.25, 0.3) is 5.91 Å². The van der Waals surface area contributed by atoms with E-state index in [4.69, 9.17) is 0 Å². The Morgan fingerprint density at radius 1 is 1.50 bits per heavy atom. The average Bonchev–Trinajstić information content (AvgIpc) is 2.73. The Labute approximate surface area is 111 Å². The number of nitrogens with one attached hydrogen (secondary N) is 1. The molecule has 2 rings (SSSR count). The minimum absolute atomic E-state index is 0.00574. The molecule has 0 radical (unpaired) electrons. The second-order valence-corrected chi connectivity index (χ2v) is 5.30. The summed E-state index contributed by atoms with van der Waals surface area (Å²) in [5.74, 6) is 0.921. The molecule has 1 heterocycles. The van der Waals surface area contributed by atoms with E-state index < -0.39 is 0 Å². The van der Waals surface area contributed by atoms with E-state index in [9.17, 15) is 9.59 Å². The van der Waals surface area contributed by atoms with Crippen LogP contribution in [0.25, 0.3) is 0 Å². The van der Waals surface area contributed by atoms with Crippen LogP contribution >= 0.6 is 11.8 Å². The molecule has 0 atom stereocenters. The normalized spacial score (nSPS) is 13.1. The van der Waals surface area contributed by atoms with E-state index in [0.717, 1.165) is 23.5 Å². The van der Waals surface area contributed by atoms with Gasteiger partial charge in [-0.3, -0.25) is 9.59 Å². The Morgan fingerprint density at radius 3 is 3.00 bits per heavy atom. The molecule has 0 bridgehead atoms. The molecule has 96 valence electrons. The lowest BCUT2D eigenvalue weighted by molar-refractivity contribution is -0.115. The van der Waals surface area contributed by atoms with Crippen molar-refractivity contribution in [2.75, 3.05) is 30.9 Å². The van der Waals surface area contributed by atoms with Crippen LogP contribution in [0.3, 0.4) is 0 Å². The molecule has 0 saturated heterocycles. The number of fused-ring (bicyclic) bond motifs is 1. The third-order valence-corrected chi connectivity index (χ3v) is 3.55. The maximum atomic E-state index is 12.1. The molecule has 0 unspecified atom stereocenters. The summed E-state index contributed by atoms with van der Waals surface area (Å²) in [6, 6.07) is 5.38. The molecule has 1 aliphatic rings. The van der Waals surface area contributed by atoms with Gasteiger partial charge in [-0.2, -0.15) is 11.8 Å². The predicted octanol–water partition coefficient (Wildman–Crippen LogP) is 1.62. The molecular weight excluding hydrogens is 248 g/mol. The Bertz CT molecular complexity index is 488. The summed E-state index contributed by atoms with van der Waals surface area (Å²) < 4.78 is 0. The van der Waals surface area contributed by atoms with E-state index in [1.54, 1.807) is 35.8 Å². The standard InChI is InChI=1S/C13H16N2O2S/c1-15(5-6-18-2)13(17)9-3-4-11-10(7-9)8-12(16)14-11/h3-4,7H,5-6,8H2,1-2H3,(H,14,16). The lowest BCUT2D eigenvalue weighted by atomic mass is 10.1. The van der Waals surface area contributed by atoms with Crippen LogP contribution in [0.5, 0.6) is 0 Å². The molecule has 0 fully saturated rings. The Morgan fingerprint density at radius 2 is 2.28 bits per heavy atom. The van der Waals surface area contributed by atoms with Gasteiger partial charge in [0.15, 0.2) is 0 Å². The number of hydrogen-bond donors (Lipinski definition) is 1. The van der Waals surface area contributed by atoms with Crippen molar-refractivity contribution in [3.63, 3.8) is 0 Å². The fourth-order valence-corrected chi connectivity index (χ4v) is 2.37. The van der Waals surface area contributed by atoms with E-state index >= 15 is 0 Å². The molecule has 2 amide bonds. The maximum absolute atomic E-state index is 12.1. The molecule has 0 aliphatic carbocycles. The highest BCUT2D eigenvalue weighted by molar-refractivity contribution is 7.98. The summed E-state index contributed by atoms with van der Waals surface area (Å²) in [7, 11) is 1.80. The minimum atomic E-state index is -0.00895. The number of rotatable bonds is 4. The van der Waals surface area contributed by atoms with Gasteiger partial charge in [-0.1, -0.05) is 0 Å². The zero-order valence-electron chi connectivity index (χ0n) is 10.5.